The van der Waals surface area contributed by atoms with E-state index in [1.54, 1.807) is 6.92 Å². The van der Waals surface area contributed by atoms with Crippen LogP contribution in [0.5, 0.6) is 5.75 Å². The van der Waals surface area contributed by atoms with Crippen molar-refractivity contribution in [2.75, 3.05) is 11.9 Å². The Labute approximate surface area is 123 Å². The first-order chi connectivity index (χ1) is 9.13. The maximum absolute atomic E-state index is 10.9. The molecule has 0 radical (unpaired) electrons. The van der Waals surface area contributed by atoms with Gasteiger partial charge >= 0.3 is 0 Å². The van der Waals surface area contributed by atoms with Crippen LogP contribution in [-0.4, -0.2) is 17.7 Å². The van der Waals surface area contributed by atoms with Crippen LogP contribution in [0.4, 0.5) is 0 Å². The SMILES string of the molecule is CC(=O)CCc1ccc(OCC2(CBr)CCC2)cc1. The number of ketones is 1. The molecule has 0 heterocycles. The summed E-state index contributed by atoms with van der Waals surface area (Å²) in [6.07, 6.45) is 5.27. The lowest BCUT2D eigenvalue weighted by molar-refractivity contribution is -0.116. The summed E-state index contributed by atoms with van der Waals surface area (Å²) < 4.78 is 5.89. The highest BCUT2D eigenvalue weighted by atomic mass is 79.9. The Kier molecular flexibility index (Phi) is 5.03. The van der Waals surface area contributed by atoms with Gasteiger partial charge in [0.2, 0.25) is 0 Å². The van der Waals surface area contributed by atoms with Gasteiger partial charge in [-0.1, -0.05) is 34.5 Å². The summed E-state index contributed by atoms with van der Waals surface area (Å²) in [5.41, 5.74) is 1.55. The molecule has 1 fully saturated rings. The molecule has 0 aliphatic heterocycles. The number of alkyl halides is 1. The van der Waals surface area contributed by atoms with Crippen LogP contribution in [-0.2, 0) is 11.2 Å². The van der Waals surface area contributed by atoms with Gasteiger partial charge < -0.3 is 9.53 Å². The van der Waals surface area contributed by atoms with Gasteiger partial charge in [0.05, 0.1) is 6.61 Å². The van der Waals surface area contributed by atoms with Crippen molar-refractivity contribution in [3.8, 4) is 5.75 Å². The van der Waals surface area contributed by atoms with E-state index in [1.807, 2.05) is 12.1 Å². The second kappa shape index (κ2) is 6.56. The van der Waals surface area contributed by atoms with Crippen LogP contribution in [0.25, 0.3) is 0 Å². The third-order valence-electron chi connectivity index (χ3n) is 3.93. The van der Waals surface area contributed by atoms with Gasteiger partial charge in [-0.2, -0.15) is 0 Å². The minimum absolute atomic E-state index is 0.240. The van der Waals surface area contributed by atoms with E-state index in [4.69, 9.17) is 4.74 Å². The Bertz CT molecular complexity index is 415. The maximum Gasteiger partial charge on any atom is 0.130 e. The van der Waals surface area contributed by atoms with Crippen molar-refractivity contribution in [2.24, 2.45) is 5.41 Å². The van der Waals surface area contributed by atoms with Crippen LogP contribution in [0.15, 0.2) is 24.3 Å². The van der Waals surface area contributed by atoms with Crippen LogP contribution in [0.2, 0.25) is 0 Å². The Hall–Kier alpha value is -0.830. The fourth-order valence-corrected chi connectivity index (χ4v) is 3.03. The monoisotopic (exact) mass is 324 g/mol. The molecule has 0 amide bonds. The molecule has 0 atom stereocenters. The number of aryl methyl sites for hydroxylation is 1. The zero-order valence-corrected chi connectivity index (χ0v) is 13.0. The van der Waals surface area contributed by atoms with Crippen molar-refractivity contribution in [1.82, 2.24) is 0 Å². The molecule has 1 aromatic rings. The van der Waals surface area contributed by atoms with Crippen molar-refractivity contribution in [2.45, 2.75) is 39.0 Å². The first kappa shape index (κ1) is 14.6. The van der Waals surface area contributed by atoms with E-state index in [2.05, 4.69) is 28.1 Å². The Morgan fingerprint density at radius 2 is 2.00 bits per heavy atom. The fraction of sp³-hybridized carbons (Fsp3) is 0.562. The smallest absolute Gasteiger partial charge is 0.130 e. The van der Waals surface area contributed by atoms with E-state index >= 15 is 0 Å². The van der Waals surface area contributed by atoms with Crippen LogP contribution < -0.4 is 4.74 Å². The van der Waals surface area contributed by atoms with Gasteiger partial charge in [0.25, 0.3) is 0 Å². The number of benzene rings is 1. The Morgan fingerprint density at radius 3 is 2.47 bits per heavy atom. The summed E-state index contributed by atoms with van der Waals surface area (Å²) in [5.74, 6) is 1.17. The van der Waals surface area contributed by atoms with Crippen LogP contribution >= 0.6 is 15.9 Å². The topological polar surface area (TPSA) is 26.3 Å². The highest BCUT2D eigenvalue weighted by Crippen LogP contribution is 2.42. The molecular weight excluding hydrogens is 304 g/mol. The zero-order valence-electron chi connectivity index (χ0n) is 11.5. The molecule has 1 aliphatic rings. The molecule has 0 saturated heterocycles. The number of hydrogen-bond donors (Lipinski definition) is 0. The number of hydrogen-bond acceptors (Lipinski definition) is 2. The van der Waals surface area contributed by atoms with Gasteiger partial charge in [-0.15, -0.1) is 0 Å². The maximum atomic E-state index is 10.9. The third kappa shape index (κ3) is 4.07. The van der Waals surface area contributed by atoms with Crippen LogP contribution in [0, 0.1) is 5.41 Å². The van der Waals surface area contributed by atoms with Crippen molar-refractivity contribution in [1.29, 1.82) is 0 Å². The molecule has 3 heteroatoms. The largest absolute Gasteiger partial charge is 0.493 e. The van der Waals surface area contributed by atoms with Crippen molar-refractivity contribution in [3.63, 3.8) is 0 Å². The average Bonchev–Trinajstić information content (AvgIpc) is 2.37. The Balaban J connectivity index is 1.83. The molecule has 0 N–H and O–H groups in total. The lowest BCUT2D eigenvalue weighted by atomic mass is 9.71. The second-order valence-corrected chi connectivity index (χ2v) is 6.18. The number of Topliss-reactive ketones (excluding diaryl/α,β-unsaturated/α-hetero) is 1. The summed E-state index contributed by atoms with van der Waals surface area (Å²) in [4.78, 5) is 10.9. The van der Waals surface area contributed by atoms with Gasteiger partial charge in [-0.05, 0) is 43.9 Å². The quantitative estimate of drug-likeness (QED) is 0.704. The summed E-state index contributed by atoms with van der Waals surface area (Å²) >= 11 is 3.59. The van der Waals surface area contributed by atoms with E-state index in [1.165, 1.54) is 24.8 Å². The van der Waals surface area contributed by atoms with E-state index in [0.717, 1.165) is 24.1 Å². The summed E-state index contributed by atoms with van der Waals surface area (Å²) in [5, 5.41) is 1.02. The number of ether oxygens (including phenoxy) is 1. The zero-order chi connectivity index (χ0) is 13.7. The van der Waals surface area contributed by atoms with Gasteiger partial charge in [0.1, 0.15) is 11.5 Å². The highest BCUT2D eigenvalue weighted by Gasteiger charge is 2.36. The van der Waals surface area contributed by atoms with Crippen molar-refractivity contribution >= 4 is 21.7 Å². The first-order valence-electron chi connectivity index (χ1n) is 6.91. The van der Waals surface area contributed by atoms with Crippen LogP contribution in [0.1, 0.15) is 38.2 Å². The standard InChI is InChI=1S/C16H21BrO2/c1-13(18)3-4-14-5-7-15(8-6-14)19-12-16(11-17)9-2-10-16/h5-8H,2-4,9-12H2,1H3. The van der Waals surface area contributed by atoms with Gasteiger partial charge in [0.15, 0.2) is 0 Å². The van der Waals surface area contributed by atoms with Crippen LogP contribution in [0.3, 0.4) is 0 Å². The molecule has 1 aromatic carbocycles. The second-order valence-electron chi connectivity index (χ2n) is 5.62. The number of carbonyl (C=O) groups excluding carboxylic acids is 1. The summed E-state index contributed by atoms with van der Waals surface area (Å²) in [6, 6.07) is 8.13. The van der Waals surface area contributed by atoms with Gasteiger partial charge in [-0.3, -0.25) is 0 Å². The first-order valence-corrected chi connectivity index (χ1v) is 8.03. The molecule has 104 valence electrons. The molecule has 0 spiro atoms. The molecule has 2 rings (SSSR count). The summed E-state index contributed by atoms with van der Waals surface area (Å²) in [7, 11) is 0. The normalized spacial score (nSPS) is 16.7. The lowest BCUT2D eigenvalue weighted by Crippen LogP contribution is -2.37. The van der Waals surface area contributed by atoms with E-state index < -0.39 is 0 Å². The van der Waals surface area contributed by atoms with Gasteiger partial charge in [0, 0.05) is 17.2 Å². The van der Waals surface area contributed by atoms with E-state index in [-0.39, 0.29) is 5.78 Å². The molecule has 0 aromatic heterocycles. The third-order valence-corrected chi connectivity index (χ3v) is 5.12. The van der Waals surface area contributed by atoms with E-state index in [0.29, 0.717) is 11.8 Å². The van der Waals surface area contributed by atoms with Crippen molar-refractivity contribution < 1.29 is 9.53 Å². The molecular formula is C16H21BrO2. The van der Waals surface area contributed by atoms with Gasteiger partial charge in [-0.25, -0.2) is 0 Å². The molecule has 1 saturated carbocycles. The number of carbonyl (C=O) groups is 1. The lowest BCUT2D eigenvalue weighted by Gasteiger charge is -2.39. The molecule has 19 heavy (non-hydrogen) atoms. The van der Waals surface area contributed by atoms with Crippen molar-refractivity contribution in [3.05, 3.63) is 29.8 Å². The predicted octanol–water partition coefficient (Wildman–Crippen LogP) is 4.15. The molecule has 0 bridgehead atoms. The minimum atomic E-state index is 0.240. The summed E-state index contributed by atoms with van der Waals surface area (Å²) in [6.45, 7) is 2.43. The molecule has 1 aliphatic carbocycles. The number of halogens is 1. The molecule has 0 unspecified atom stereocenters. The Morgan fingerprint density at radius 1 is 1.32 bits per heavy atom. The average molecular weight is 325 g/mol. The predicted molar refractivity (Wildman–Crippen MR) is 81.0 cm³/mol. The fourth-order valence-electron chi connectivity index (χ4n) is 2.30. The van der Waals surface area contributed by atoms with E-state index in [9.17, 15) is 4.79 Å². The molecule has 2 nitrogen and oxygen atoms in total. The highest BCUT2D eigenvalue weighted by molar-refractivity contribution is 9.09. The number of rotatable bonds is 7. The minimum Gasteiger partial charge on any atom is -0.493 e.